The van der Waals surface area contributed by atoms with Crippen LogP contribution in [-0.4, -0.2) is 10.1 Å². The monoisotopic (exact) mass is 259 g/mol. The summed E-state index contributed by atoms with van der Waals surface area (Å²) in [6, 6.07) is 12.3. The van der Waals surface area contributed by atoms with Crippen LogP contribution >= 0.6 is 11.8 Å². The molecule has 0 bridgehead atoms. The minimum Gasteiger partial charge on any atom is -0.387 e. The van der Waals surface area contributed by atoms with Crippen molar-refractivity contribution in [1.82, 2.24) is 4.98 Å². The van der Waals surface area contributed by atoms with Gasteiger partial charge in [0.05, 0.1) is 11.8 Å². The van der Waals surface area contributed by atoms with E-state index in [1.165, 1.54) is 11.1 Å². The van der Waals surface area contributed by atoms with Crippen LogP contribution in [0.2, 0.25) is 0 Å². The molecular formula is C15H17NOS. The molecule has 94 valence electrons. The fourth-order valence-corrected chi connectivity index (χ4v) is 2.59. The topological polar surface area (TPSA) is 33.1 Å². The Hall–Kier alpha value is -1.32. The second kappa shape index (κ2) is 6.03. The van der Waals surface area contributed by atoms with Gasteiger partial charge in [-0.25, -0.2) is 0 Å². The molecule has 0 saturated heterocycles. The molecule has 18 heavy (non-hydrogen) atoms. The number of hydrogen-bond acceptors (Lipinski definition) is 3. The molecule has 3 heteroatoms. The highest BCUT2D eigenvalue weighted by molar-refractivity contribution is 7.98. The van der Waals surface area contributed by atoms with Gasteiger partial charge in [0, 0.05) is 16.8 Å². The lowest BCUT2D eigenvalue weighted by molar-refractivity contribution is 0.194. The molecule has 1 aromatic heterocycles. The average Bonchev–Trinajstić information content (AvgIpc) is 2.38. The SMILES string of the molecule is Cc1ccccc1CSc1ccc(C(C)O)nc1. The van der Waals surface area contributed by atoms with Crippen LogP contribution in [0.5, 0.6) is 0 Å². The van der Waals surface area contributed by atoms with Crippen LogP contribution in [0.4, 0.5) is 0 Å². The summed E-state index contributed by atoms with van der Waals surface area (Å²) in [6.45, 7) is 3.85. The zero-order chi connectivity index (χ0) is 13.0. The van der Waals surface area contributed by atoms with Crippen molar-refractivity contribution in [1.29, 1.82) is 0 Å². The van der Waals surface area contributed by atoms with Gasteiger partial charge < -0.3 is 5.11 Å². The first-order valence-corrected chi connectivity index (χ1v) is 6.96. The zero-order valence-electron chi connectivity index (χ0n) is 10.6. The van der Waals surface area contributed by atoms with Crippen molar-refractivity contribution >= 4 is 11.8 Å². The average molecular weight is 259 g/mol. The summed E-state index contributed by atoms with van der Waals surface area (Å²) in [5.74, 6) is 0.947. The molecule has 0 aliphatic rings. The first kappa shape index (κ1) is 13.1. The third-order valence-corrected chi connectivity index (χ3v) is 3.87. The normalized spacial score (nSPS) is 12.4. The van der Waals surface area contributed by atoms with Gasteiger partial charge in [-0.2, -0.15) is 0 Å². The Morgan fingerprint density at radius 3 is 2.61 bits per heavy atom. The van der Waals surface area contributed by atoms with Crippen LogP contribution in [-0.2, 0) is 5.75 Å². The Morgan fingerprint density at radius 2 is 2.00 bits per heavy atom. The first-order valence-electron chi connectivity index (χ1n) is 5.98. The van der Waals surface area contributed by atoms with Crippen molar-refractivity contribution in [2.75, 3.05) is 0 Å². The van der Waals surface area contributed by atoms with Crippen molar-refractivity contribution in [3.8, 4) is 0 Å². The van der Waals surface area contributed by atoms with Gasteiger partial charge in [0.15, 0.2) is 0 Å². The maximum Gasteiger partial charge on any atom is 0.0931 e. The van der Waals surface area contributed by atoms with Crippen molar-refractivity contribution in [2.45, 2.75) is 30.6 Å². The smallest absolute Gasteiger partial charge is 0.0931 e. The van der Waals surface area contributed by atoms with Crippen LogP contribution in [0.25, 0.3) is 0 Å². The number of pyridine rings is 1. The quantitative estimate of drug-likeness (QED) is 0.849. The predicted molar refractivity (Wildman–Crippen MR) is 75.6 cm³/mol. The lowest BCUT2D eigenvalue weighted by Gasteiger charge is -2.07. The van der Waals surface area contributed by atoms with E-state index >= 15 is 0 Å². The molecule has 0 spiro atoms. The van der Waals surface area contributed by atoms with Gasteiger partial charge in [-0.3, -0.25) is 4.98 Å². The molecule has 1 heterocycles. The standard InChI is InChI=1S/C15H17NOS/c1-11-5-3-4-6-13(11)10-18-14-7-8-15(12(2)17)16-9-14/h3-9,12,17H,10H2,1-2H3. The van der Waals surface area contributed by atoms with Crippen molar-refractivity contribution in [2.24, 2.45) is 0 Å². The van der Waals surface area contributed by atoms with E-state index in [1.54, 1.807) is 18.7 Å². The molecule has 0 saturated carbocycles. The molecule has 0 aliphatic carbocycles. The minimum atomic E-state index is -0.500. The van der Waals surface area contributed by atoms with Crippen LogP contribution in [0, 0.1) is 6.92 Å². The summed E-state index contributed by atoms with van der Waals surface area (Å²) in [7, 11) is 0. The Bertz CT molecular complexity index is 508. The van der Waals surface area contributed by atoms with E-state index in [-0.39, 0.29) is 0 Å². The van der Waals surface area contributed by atoms with E-state index in [1.807, 2.05) is 18.3 Å². The molecule has 2 rings (SSSR count). The van der Waals surface area contributed by atoms with Gasteiger partial charge in [-0.15, -0.1) is 11.8 Å². The second-order valence-corrected chi connectivity index (χ2v) is 5.36. The van der Waals surface area contributed by atoms with E-state index in [2.05, 4.69) is 36.2 Å². The third kappa shape index (κ3) is 3.34. The van der Waals surface area contributed by atoms with Gasteiger partial charge in [0.1, 0.15) is 0 Å². The highest BCUT2D eigenvalue weighted by Gasteiger charge is 2.03. The van der Waals surface area contributed by atoms with Crippen molar-refractivity contribution in [3.05, 3.63) is 59.4 Å². The fraction of sp³-hybridized carbons (Fsp3) is 0.267. The Kier molecular flexibility index (Phi) is 4.39. The maximum atomic E-state index is 9.39. The highest BCUT2D eigenvalue weighted by atomic mass is 32.2. The number of hydrogen-bond donors (Lipinski definition) is 1. The number of aliphatic hydroxyl groups is 1. The molecule has 1 unspecified atom stereocenters. The lowest BCUT2D eigenvalue weighted by atomic mass is 10.1. The minimum absolute atomic E-state index is 0.500. The summed E-state index contributed by atoms with van der Waals surface area (Å²) in [4.78, 5) is 5.37. The van der Waals surface area contributed by atoms with Crippen molar-refractivity contribution in [3.63, 3.8) is 0 Å². The number of thioether (sulfide) groups is 1. The number of rotatable bonds is 4. The predicted octanol–water partition coefficient (Wildman–Crippen LogP) is 3.74. The van der Waals surface area contributed by atoms with E-state index < -0.39 is 6.10 Å². The number of nitrogens with zero attached hydrogens (tertiary/aromatic N) is 1. The van der Waals surface area contributed by atoms with Crippen molar-refractivity contribution < 1.29 is 5.11 Å². The maximum absolute atomic E-state index is 9.39. The number of aliphatic hydroxyl groups excluding tert-OH is 1. The van der Waals surface area contributed by atoms with Gasteiger partial charge in [0.25, 0.3) is 0 Å². The second-order valence-electron chi connectivity index (χ2n) is 4.31. The number of benzene rings is 1. The van der Waals surface area contributed by atoms with Gasteiger partial charge in [-0.05, 0) is 37.1 Å². The molecule has 0 radical (unpaired) electrons. The van der Waals surface area contributed by atoms with Gasteiger partial charge >= 0.3 is 0 Å². The molecule has 2 nitrogen and oxygen atoms in total. The van der Waals surface area contributed by atoms with E-state index in [0.29, 0.717) is 0 Å². The highest BCUT2D eigenvalue weighted by Crippen LogP contribution is 2.24. The van der Waals surface area contributed by atoms with E-state index in [9.17, 15) is 5.11 Å². The summed E-state index contributed by atoms with van der Waals surface area (Å²) < 4.78 is 0. The van der Waals surface area contributed by atoms with Crippen LogP contribution in [0.1, 0.15) is 29.8 Å². The third-order valence-electron chi connectivity index (χ3n) is 2.84. The van der Waals surface area contributed by atoms with Gasteiger partial charge in [0.2, 0.25) is 0 Å². The Morgan fingerprint density at radius 1 is 1.22 bits per heavy atom. The van der Waals surface area contributed by atoms with Gasteiger partial charge in [-0.1, -0.05) is 24.3 Å². The molecule has 0 amide bonds. The molecule has 1 N–H and O–H groups in total. The number of aryl methyl sites for hydroxylation is 1. The lowest BCUT2D eigenvalue weighted by Crippen LogP contribution is -1.94. The van der Waals surface area contributed by atoms with Crippen LogP contribution < -0.4 is 0 Å². The van der Waals surface area contributed by atoms with Crippen LogP contribution in [0.15, 0.2) is 47.5 Å². The summed E-state index contributed by atoms with van der Waals surface area (Å²) >= 11 is 1.76. The van der Waals surface area contributed by atoms with Crippen LogP contribution in [0.3, 0.4) is 0 Å². The molecule has 1 aromatic carbocycles. The molecule has 1 atom stereocenters. The fourth-order valence-electron chi connectivity index (χ4n) is 1.66. The summed E-state index contributed by atoms with van der Waals surface area (Å²) in [5.41, 5.74) is 3.39. The first-order chi connectivity index (χ1) is 8.66. The largest absolute Gasteiger partial charge is 0.387 e. The van der Waals surface area contributed by atoms with E-state index in [0.717, 1.165) is 16.3 Å². The summed E-state index contributed by atoms with van der Waals surface area (Å²) in [5, 5.41) is 9.39. The van der Waals surface area contributed by atoms with E-state index in [4.69, 9.17) is 0 Å². The zero-order valence-corrected chi connectivity index (χ0v) is 11.4. The summed E-state index contributed by atoms with van der Waals surface area (Å²) in [6.07, 6.45) is 1.32. The molecule has 0 aliphatic heterocycles. The molecular weight excluding hydrogens is 242 g/mol. The number of aromatic nitrogens is 1. The molecule has 2 aromatic rings. The molecule has 0 fully saturated rings. The Labute approximate surface area is 112 Å². The Balaban J connectivity index is 2.00.